The molecular formula is C17H18ClN3O4S. The van der Waals surface area contributed by atoms with Crippen molar-refractivity contribution in [3.63, 3.8) is 0 Å². The minimum Gasteiger partial charge on any atom is -0.481 e. The summed E-state index contributed by atoms with van der Waals surface area (Å²) in [5.41, 5.74) is 3.29. The average Bonchev–Trinajstić information content (AvgIpc) is 2.43. The lowest BCUT2D eigenvalue weighted by Crippen LogP contribution is -2.45. The van der Waals surface area contributed by atoms with E-state index >= 15 is 0 Å². The lowest BCUT2D eigenvalue weighted by molar-refractivity contribution is -0.144. The van der Waals surface area contributed by atoms with E-state index in [0.717, 1.165) is 16.7 Å². The van der Waals surface area contributed by atoms with Crippen LogP contribution in [0.4, 0.5) is 5.95 Å². The highest BCUT2D eigenvalue weighted by Gasteiger charge is 2.45. The quantitative estimate of drug-likeness (QED) is 0.753. The zero-order valence-corrected chi connectivity index (χ0v) is 15.8. The van der Waals surface area contributed by atoms with Crippen molar-refractivity contribution in [3.8, 4) is 11.3 Å². The number of aromatic nitrogens is 2. The summed E-state index contributed by atoms with van der Waals surface area (Å²) in [4.78, 5) is 19.3. The summed E-state index contributed by atoms with van der Waals surface area (Å²) < 4.78 is 27.3. The van der Waals surface area contributed by atoms with Crippen molar-refractivity contribution >= 4 is 33.5 Å². The summed E-state index contributed by atoms with van der Waals surface area (Å²) in [6.07, 6.45) is 0.627. The van der Waals surface area contributed by atoms with Crippen LogP contribution in [0.5, 0.6) is 0 Å². The van der Waals surface area contributed by atoms with Gasteiger partial charge in [0.15, 0.2) is 0 Å². The Morgan fingerprint density at radius 1 is 1.23 bits per heavy atom. The van der Waals surface area contributed by atoms with Crippen LogP contribution in [0.3, 0.4) is 0 Å². The third kappa shape index (κ3) is 3.52. The predicted molar refractivity (Wildman–Crippen MR) is 98.6 cm³/mol. The van der Waals surface area contributed by atoms with Gasteiger partial charge in [-0.2, -0.15) is 0 Å². The SMILES string of the molecule is Cc1cccc(C)c1-c1cc(Cl)nc(NS(=O)(=O)C2CCC2C(=O)O)n1. The van der Waals surface area contributed by atoms with Crippen molar-refractivity contribution in [1.29, 1.82) is 0 Å². The second-order valence-electron chi connectivity index (χ2n) is 6.37. The van der Waals surface area contributed by atoms with E-state index in [1.807, 2.05) is 32.0 Å². The zero-order valence-electron chi connectivity index (χ0n) is 14.2. The molecule has 7 nitrogen and oxygen atoms in total. The molecule has 2 aromatic rings. The summed E-state index contributed by atoms with van der Waals surface area (Å²) in [6, 6.07) is 7.34. The van der Waals surface area contributed by atoms with Gasteiger partial charge in [-0.15, -0.1) is 0 Å². The Morgan fingerprint density at radius 2 is 1.88 bits per heavy atom. The normalized spacial score (nSPS) is 19.7. The van der Waals surface area contributed by atoms with E-state index in [-0.39, 0.29) is 17.5 Å². The molecule has 1 aliphatic carbocycles. The van der Waals surface area contributed by atoms with E-state index in [1.54, 1.807) is 6.07 Å². The van der Waals surface area contributed by atoms with Gasteiger partial charge in [-0.1, -0.05) is 29.8 Å². The van der Waals surface area contributed by atoms with Crippen molar-refractivity contribution in [2.75, 3.05) is 4.72 Å². The summed E-state index contributed by atoms with van der Waals surface area (Å²) in [5.74, 6) is -2.19. The second kappa shape index (κ2) is 6.85. The number of carboxylic acid groups (broad SMARTS) is 1. The lowest BCUT2D eigenvalue weighted by atomic mass is 9.85. The Bertz CT molecular complexity index is 958. The largest absolute Gasteiger partial charge is 0.481 e. The number of sulfonamides is 1. The van der Waals surface area contributed by atoms with Gasteiger partial charge in [0, 0.05) is 11.6 Å². The summed E-state index contributed by atoms with van der Waals surface area (Å²) in [6.45, 7) is 3.85. The first-order valence-electron chi connectivity index (χ1n) is 8.04. The van der Waals surface area contributed by atoms with Crippen LogP contribution in [0.2, 0.25) is 5.15 Å². The summed E-state index contributed by atoms with van der Waals surface area (Å²) in [5, 5.41) is 8.19. The number of carboxylic acids is 1. The van der Waals surface area contributed by atoms with Crippen LogP contribution in [-0.4, -0.2) is 34.7 Å². The molecule has 0 saturated heterocycles. The molecule has 3 rings (SSSR count). The Balaban J connectivity index is 1.95. The maximum atomic E-state index is 12.5. The Morgan fingerprint density at radius 3 is 2.42 bits per heavy atom. The number of nitrogens with one attached hydrogen (secondary N) is 1. The van der Waals surface area contributed by atoms with Crippen molar-refractivity contribution in [3.05, 3.63) is 40.5 Å². The third-order valence-corrected chi connectivity index (χ3v) is 6.61. The van der Waals surface area contributed by atoms with E-state index in [2.05, 4.69) is 14.7 Å². The van der Waals surface area contributed by atoms with Crippen LogP contribution in [0, 0.1) is 19.8 Å². The van der Waals surface area contributed by atoms with Gasteiger partial charge in [-0.25, -0.2) is 18.4 Å². The fourth-order valence-corrected chi connectivity index (χ4v) is 4.95. The standard InChI is InChI=1S/C17H18ClN3O4S/c1-9-4-3-5-10(2)15(9)12-8-14(18)20-17(19-12)21-26(24,25)13-7-6-11(13)16(22)23/h3-5,8,11,13H,6-7H2,1-2H3,(H,22,23)(H,19,20,21). The minimum absolute atomic E-state index is 0.0961. The molecule has 1 saturated carbocycles. The molecule has 2 atom stereocenters. The molecule has 9 heteroatoms. The number of rotatable bonds is 5. The maximum absolute atomic E-state index is 12.5. The Hall–Kier alpha value is -2.19. The number of benzene rings is 1. The molecule has 2 unspecified atom stereocenters. The van der Waals surface area contributed by atoms with E-state index in [0.29, 0.717) is 12.1 Å². The second-order valence-corrected chi connectivity index (χ2v) is 8.66. The fraction of sp³-hybridized carbons (Fsp3) is 0.353. The maximum Gasteiger partial charge on any atom is 0.307 e. The van der Waals surface area contributed by atoms with E-state index in [4.69, 9.17) is 16.7 Å². The molecule has 26 heavy (non-hydrogen) atoms. The molecule has 0 spiro atoms. The number of aliphatic carboxylic acids is 1. The molecular weight excluding hydrogens is 378 g/mol. The van der Waals surface area contributed by atoms with Crippen molar-refractivity contribution in [2.24, 2.45) is 5.92 Å². The fourth-order valence-electron chi connectivity index (χ4n) is 3.14. The molecule has 1 aliphatic rings. The molecule has 1 fully saturated rings. The topological polar surface area (TPSA) is 109 Å². The molecule has 0 radical (unpaired) electrons. The van der Waals surface area contributed by atoms with E-state index < -0.39 is 27.2 Å². The van der Waals surface area contributed by atoms with Crippen LogP contribution in [0.1, 0.15) is 24.0 Å². The average molecular weight is 396 g/mol. The van der Waals surface area contributed by atoms with Gasteiger partial charge in [0.05, 0.1) is 16.9 Å². The smallest absolute Gasteiger partial charge is 0.307 e. The molecule has 1 aromatic carbocycles. The van der Waals surface area contributed by atoms with Crippen molar-refractivity contribution in [1.82, 2.24) is 9.97 Å². The molecule has 138 valence electrons. The molecule has 2 N–H and O–H groups in total. The highest BCUT2D eigenvalue weighted by Crippen LogP contribution is 2.34. The van der Waals surface area contributed by atoms with Crippen LogP contribution in [0.15, 0.2) is 24.3 Å². The van der Waals surface area contributed by atoms with Crippen LogP contribution in [0.25, 0.3) is 11.3 Å². The Labute approximate surface area is 156 Å². The Kier molecular flexibility index (Phi) is 4.90. The van der Waals surface area contributed by atoms with Gasteiger partial charge in [-0.05, 0) is 37.8 Å². The lowest BCUT2D eigenvalue weighted by Gasteiger charge is -2.32. The van der Waals surface area contributed by atoms with Crippen LogP contribution >= 0.6 is 11.6 Å². The molecule has 1 aromatic heterocycles. The van der Waals surface area contributed by atoms with Crippen LogP contribution < -0.4 is 4.72 Å². The molecule has 0 bridgehead atoms. The highest BCUT2D eigenvalue weighted by molar-refractivity contribution is 7.93. The number of halogens is 1. The van der Waals surface area contributed by atoms with Gasteiger partial charge in [0.1, 0.15) is 5.15 Å². The zero-order chi connectivity index (χ0) is 19.1. The molecule has 0 amide bonds. The number of carbonyl (C=O) groups is 1. The molecule has 1 heterocycles. The molecule has 0 aliphatic heterocycles. The van der Waals surface area contributed by atoms with Gasteiger partial charge >= 0.3 is 5.97 Å². The van der Waals surface area contributed by atoms with Crippen molar-refractivity contribution in [2.45, 2.75) is 31.9 Å². The van der Waals surface area contributed by atoms with Gasteiger partial charge < -0.3 is 5.11 Å². The predicted octanol–water partition coefficient (Wildman–Crippen LogP) is 3.02. The summed E-state index contributed by atoms with van der Waals surface area (Å²) in [7, 11) is -3.92. The minimum atomic E-state index is -3.92. The summed E-state index contributed by atoms with van der Waals surface area (Å²) >= 11 is 6.06. The first-order chi connectivity index (χ1) is 12.2. The van der Waals surface area contributed by atoms with Crippen LogP contribution in [-0.2, 0) is 14.8 Å². The number of hydrogen-bond acceptors (Lipinski definition) is 5. The van der Waals surface area contributed by atoms with E-state index in [9.17, 15) is 13.2 Å². The van der Waals surface area contributed by atoms with Crippen molar-refractivity contribution < 1.29 is 18.3 Å². The number of nitrogens with zero attached hydrogens (tertiary/aromatic N) is 2. The van der Waals surface area contributed by atoms with Gasteiger partial charge in [-0.3, -0.25) is 9.52 Å². The first-order valence-corrected chi connectivity index (χ1v) is 9.97. The van der Waals surface area contributed by atoms with Gasteiger partial charge in [0.25, 0.3) is 0 Å². The third-order valence-electron chi connectivity index (χ3n) is 4.59. The highest BCUT2D eigenvalue weighted by atomic mass is 35.5. The number of aryl methyl sites for hydroxylation is 2. The van der Waals surface area contributed by atoms with Gasteiger partial charge in [0.2, 0.25) is 16.0 Å². The number of anilines is 1. The first kappa shape index (κ1) is 18.6. The monoisotopic (exact) mass is 395 g/mol. The van der Waals surface area contributed by atoms with E-state index in [1.165, 1.54) is 0 Å². The number of hydrogen-bond donors (Lipinski definition) is 2.